The number of rotatable bonds is 1. The van der Waals surface area contributed by atoms with Crippen molar-refractivity contribution >= 4 is 5.91 Å². The maximum atomic E-state index is 11.0. The first kappa shape index (κ1) is 9.00. The first-order valence-electron chi connectivity index (χ1n) is 4.79. The zero-order chi connectivity index (χ0) is 9.69. The van der Waals surface area contributed by atoms with E-state index in [0.717, 1.165) is 25.9 Å². The highest BCUT2D eigenvalue weighted by Gasteiger charge is 2.58. The van der Waals surface area contributed by atoms with Crippen molar-refractivity contribution in [2.45, 2.75) is 32.3 Å². The summed E-state index contributed by atoms with van der Waals surface area (Å²) in [6.07, 6.45) is 2.22. The van der Waals surface area contributed by atoms with E-state index in [-0.39, 0.29) is 11.5 Å². The number of ether oxygens (including phenoxy) is 1. The second-order valence-electron chi connectivity index (χ2n) is 4.88. The Kier molecular flexibility index (Phi) is 1.71. The minimum absolute atomic E-state index is 0.0862. The highest BCUT2D eigenvalue weighted by Crippen LogP contribution is 2.55. The number of amides is 1. The van der Waals surface area contributed by atoms with Crippen LogP contribution in [0.15, 0.2) is 0 Å². The van der Waals surface area contributed by atoms with E-state index in [1.54, 1.807) is 14.0 Å². The van der Waals surface area contributed by atoms with Crippen molar-refractivity contribution in [1.82, 2.24) is 4.90 Å². The van der Waals surface area contributed by atoms with Crippen molar-refractivity contribution in [3.63, 3.8) is 0 Å². The van der Waals surface area contributed by atoms with E-state index in [9.17, 15) is 4.79 Å². The summed E-state index contributed by atoms with van der Waals surface area (Å²) in [7, 11) is 1.77. The Morgan fingerprint density at radius 1 is 1.38 bits per heavy atom. The Morgan fingerprint density at radius 2 is 1.92 bits per heavy atom. The minimum atomic E-state index is 0.0862. The summed E-state index contributed by atoms with van der Waals surface area (Å²) in [4.78, 5) is 12.9. The predicted octanol–water partition coefficient (Wildman–Crippen LogP) is 1.03. The van der Waals surface area contributed by atoms with Gasteiger partial charge < -0.3 is 9.64 Å². The fourth-order valence-corrected chi connectivity index (χ4v) is 2.89. The Bertz CT molecular complexity index is 235. The third kappa shape index (κ3) is 1.26. The van der Waals surface area contributed by atoms with Crippen LogP contribution in [0.3, 0.4) is 0 Å². The summed E-state index contributed by atoms with van der Waals surface area (Å²) >= 11 is 0. The quantitative estimate of drug-likeness (QED) is 0.607. The molecule has 0 unspecified atom stereocenters. The standard InChI is InChI=1S/C10H17NO2/c1-8(12)11-6-10(7-11)4-9(2,5-10)13-3/h4-7H2,1-3H3. The van der Waals surface area contributed by atoms with Crippen molar-refractivity contribution < 1.29 is 9.53 Å². The van der Waals surface area contributed by atoms with Crippen LogP contribution in [0, 0.1) is 5.41 Å². The molecule has 3 nitrogen and oxygen atoms in total. The van der Waals surface area contributed by atoms with Crippen LogP contribution in [0.5, 0.6) is 0 Å². The Balaban J connectivity index is 1.85. The Morgan fingerprint density at radius 3 is 2.31 bits per heavy atom. The van der Waals surface area contributed by atoms with Gasteiger partial charge in [-0.3, -0.25) is 4.79 Å². The van der Waals surface area contributed by atoms with Gasteiger partial charge in [-0.25, -0.2) is 0 Å². The molecule has 1 saturated heterocycles. The first-order valence-corrected chi connectivity index (χ1v) is 4.79. The fourth-order valence-electron chi connectivity index (χ4n) is 2.89. The topological polar surface area (TPSA) is 29.5 Å². The van der Waals surface area contributed by atoms with Gasteiger partial charge in [0.15, 0.2) is 0 Å². The normalized spacial score (nSPS) is 28.1. The van der Waals surface area contributed by atoms with Gasteiger partial charge in [0, 0.05) is 32.5 Å². The van der Waals surface area contributed by atoms with Crippen molar-refractivity contribution in [3.05, 3.63) is 0 Å². The van der Waals surface area contributed by atoms with Crippen LogP contribution in [0.4, 0.5) is 0 Å². The fraction of sp³-hybridized carbons (Fsp3) is 0.900. The van der Waals surface area contributed by atoms with Crippen LogP contribution in [-0.2, 0) is 9.53 Å². The van der Waals surface area contributed by atoms with E-state index in [2.05, 4.69) is 6.92 Å². The molecular weight excluding hydrogens is 166 g/mol. The monoisotopic (exact) mass is 183 g/mol. The minimum Gasteiger partial charge on any atom is -0.378 e. The van der Waals surface area contributed by atoms with E-state index in [0.29, 0.717) is 5.41 Å². The molecule has 0 aromatic rings. The van der Waals surface area contributed by atoms with Crippen molar-refractivity contribution in [1.29, 1.82) is 0 Å². The highest BCUT2D eigenvalue weighted by atomic mass is 16.5. The van der Waals surface area contributed by atoms with Crippen LogP contribution in [0.25, 0.3) is 0 Å². The average molecular weight is 183 g/mol. The van der Waals surface area contributed by atoms with Crippen LogP contribution >= 0.6 is 0 Å². The van der Waals surface area contributed by atoms with Gasteiger partial charge in [0.05, 0.1) is 5.60 Å². The van der Waals surface area contributed by atoms with Gasteiger partial charge in [0.2, 0.25) is 5.91 Å². The number of methoxy groups -OCH3 is 1. The summed E-state index contributed by atoms with van der Waals surface area (Å²) in [6.45, 7) is 5.68. The number of carbonyl (C=O) groups excluding carboxylic acids is 1. The molecule has 1 saturated carbocycles. The first-order chi connectivity index (χ1) is 5.99. The summed E-state index contributed by atoms with van der Waals surface area (Å²) in [6, 6.07) is 0. The van der Waals surface area contributed by atoms with E-state index in [1.807, 2.05) is 4.90 Å². The van der Waals surface area contributed by atoms with E-state index < -0.39 is 0 Å². The zero-order valence-electron chi connectivity index (χ0n) is 8.59. The van der Waals surface area contributed by atoms with Gasteiger partial charge in [0.25, 0.3) is 0 Å². The molecule has 0 radical (unpaired) electrons. The molecule has 2 fully saturated rings. The zero-order valence-corrected chi connectivity index (χ0v) is 8.59. The summed E-state index contributed by atoms with van der Waals surface area (Å²) in [5, 5.41) is 0. The van der Waals surface area contributed by atoms with Gasteiger partial charge in [-0.05, 0) is 19.8 Å². The molecule has 2 aliphatic rings. The smallest absolute Gasteiger partial charge is 0.219 e. The molecule has 2 rings (SSSR count). The van der Waals surface area contributed by atoms with Gasteiger partial charge >= 0.3 is 0 Å². The lowest BCUT2D eigenvalue weighted by Crippen LogP contribution is -2.68. The third-order valence-corrected chi connectivity index (χ3v) is 3.49. The molecule has 0 aromatic heterocycles. The van der Waals surface area contributed by atoms with Crippen LogP contribution in [0.2, 0.25) is 0 Å². The predicted molar refractivity (Wildman–Crippen MR) is 49.3 cm³/mol. The molecule has 0 N–H and O–H groups in total. The van der Waals surface area contributed by atoms with E-state index >= 15 is 0 Å². The average Bonchev–Trinajstić information content (AvgIpc) is 1.93. The van der Waals surface area contributed by atoms with Crippen molar-refractivity contribution in [2.24, 2.45) is 5.41 Å². The third-order valence-electron chi connectivity index (χ3n) is 3.49. The molecule has 0 atom stereocenters. The van der Waals surface area contributed by atoms with Gasteiger partial charge in [0.1, 0.15) is 0 Å². The molecular formula is C10H17NO2. The lowest BCUT2D eigenvalue weighted by Gasteiger charge is -2.62. The van der Waals surface area contributed by atoms with Gasteiger partial charge in [-0.15, -0.1) is 0 Å². The van der Waals surface area contributed by atoms with E-state index in [4.69, 9.17) is 4.74 Å². The van der Waals surface area contributed by atoms with Crippen LogP contribution < -0.4 is 0 Å². The second kappa shape index (κ2) is 2.47. The number of nitrogens with zero attached hydrogens (tertiary/aromatic N) is 1. The lowest BCUT2D eigenvalue weighted by molar-refractivity contribution is -0.198. The van der Waals surface area contributed by atoms with Crippen LogP contribution in [-0.4, -0.2) is 36.6 Å². The summed E-state index contributed by atoms with van der Waals surface area (Å²) in [5.74, 6) is 0.205. The number of carbonyl (C=O) groups is 1. The molecule has 0 aromatic carbocycles. The number of likely N-dealkylation sites (tertiary alicyclic amines) is 1. The molecule has 1 aliphatic heterocycles. The van der Waals surface area contributed by atoms with Gasteiger partial charge in [-0.1, -0.05) is 0 Å². The SMILES string of the molecule is COC1(C)CC2(CN(C(C)=O)C2)C1. The maximum Gasteiger partial charge on any atom is 0.219 e. The molecule has 74 valence electrons. The number of hydrogen-bond donors (Lipinski definition) is 0. The molecule has 3 heteroatoms. The molecule has 1 spiro atoms. The molecule has 1 heterocycles. The molecule has 13 heavy (non-hydrogen) atoms. The Labute approximate surface area is 79.0 Å². The van der Waals surface area contributed by atoms with Gasteiger partial charge in [-0.2, -0.15) is 0 Å². The molecule has 0 bridgehead atoms. The number of hydrogen-bond acceptors (Lipinski definition) is 2. The summed E-state index contributed by atoms with van der Waals surface area (Å²) < 4.78 is 5.40. The molecule has 1 amide bonds. The van der Waals surface area contributed by atoms with Crippen molar-refractivity contribution in [2.75, 3.05) is 20.2 Å². The van der Waals surface area contributed by atoms with Crippen LogP contribution in [0.1, 0.15) is 26.7 Å². The van der Waals surface area contributed by atoms with Crippen molar-refractivity contribution in [3.8, 4) is 0 Å². The second-order valence-corrected chi connectivity index (χ2v) is 4.88. The Hall–Kier alpha value is -0.570. The molecule has 1 aliphatic carbocycles. The lowest BCUT2D eigenvalue weighted by atomic mass is 9.56. The van der Waals surface area contributed by atoms with E-state index in [1.165, 1.54) is 0 Å². The highest BCUT2D eigenvalue weighted by molar-refractivity contribution is 5.74. The summed E-state index contributed by atoms with van der Waals surface area (Å²) in [5.41, 5.74) is 0.499. The maximum absolute atomic E-state index is 11.0. The largest absolute Gasteiger partial charge is 0.378 e.